The van der Waals surface area contributed by atoms with Crippen LogP contribution in [0.25, 0.3) is 6.08 Å². The number of halogens is 1. The zero-order valence-electron chi connectivity index (χ0n) is 14.5. The SMILES string of the molecule is COc1cc(/C=C2/N=C(CCc3ccc(Cl)cc3)OC2=O)cc(OC)c1. The summed E-state index contributed by atoms with van der Waals surface area (Å²) >= 11 is 5.88. The van der Waals surface area contributed by atoms with Crippen LogP contribution in [0, 0.1) is 0 Å². The molecule has 0 spiro atoms. The lowest BCUT2D eigenvalue weighted by atomic mass is 10.1. The van der Waals surface area contributed by atoms with Crippen LogP contribution in [0.1, 0.15) is 17.5 Å². The summed E-state index contributed by atoms with van der Waals surface area (Å²) in [7, 11) is 3.14. The molecule has 0 saturated carbocycles. The molecule has 0 N–H and O–H groups in total. The number of hydrogen-bond donors (Lipinski definition) is 0. The quantitative estimate of drug-likeness (QED) is 0.561. The zero-order valence-corrected chi connectivity index (χ0v) is 15.2. The van der Waals surface area contributed by atoms with Gasteiger partial charge in [-0.05, 0) is 47.9 Å². The summed E-state index contributed by atoms with van der Waals surface area (Å²) in [6, 6.07) is 12.9. The summed E-state index contributed by atoms with van der Waals surface area (Å²) in [5, 5.41) is 0.692. The van der Waals surface area contributed by atoms with Crippen LogP contribution in [0.4, 0.5) is 0 Å². The van der Waals surface area contributed by atoms with Crippen LogP contribution < -0.4 is 9.47 Å². The van der Waals surface area contributed by atoms with Crippen LogP contribution in [-0.4, -0.2) is 26.1 Å². The largest absolute Gasteiger partial charge is 0.497 e. The van der Waals surface area contributed by atoms with Gasteiger partial charge in [0.2, 0.25) is 0 Å². The van der Waals surface area contributed by atoms with E-state index in [0.717, 1.165) is 11.1 Å². The number of nitrogens with zero attached hydrogens (tertiary/aromatic N) is 1. The van der Waals surface area contributed by atoms with Crippen molar-refractivity contribution in [1.29, 1.82) is 0 Å². The maximum Gasteiger partial charge on any atom is 0.363 e. The highest BCUT2D eigenvalue weighted by atomic mass is 35.5. The monoisotopic (exact) mass is 371 g/mol. The summed E-state index contributed by atoms with van der Waals surface area (Å²) < 4.78 is 15.7. The summed E-state index contributed by atoms with van der Waals surface area (Å²) in [6.07, 6.45) is 2.90. The Hall–Kier alpha value is -2.79. The number of carbonyl (C=O) groups excluding carboxylic acids is 1. The predicted octanol–water partition coefficient (Wildman–Crippen LogP) is 4.29. The number of benzene rings is 2. The van der Waals surface area contributed by atoms with Crippen LogP contribution in [-0.2, 0) is 16.0 Å². The number of ether oxygens (including phenoxy) is 3. The smallest absolute Gasteiger partial charge is 0.363 e. The Labute approximate surface area is 156 Å². The predicted molar refractivity (Wildman–Crippen MR) is 101 cm³/mol. The Balaban J connectivity index is 1.75. The fraction of sp³-hybridized carbons (Fsp3) is 0.200. The lowest BCUT2D eigenvalue weighted by Gasteiger charge is -2.05. The van der Waals surface area contributed by atoms with Gasteiger partial charge in [0.1, 0.15) is 11.5 Å². The first kappa shape index (κ1) is 18.0. The number of rotatable bonds is 6. The lowest BCUT2D eigenvalue weighted by molar-refractivity contribution is -0.130. The van der Waals surface area contributed by atoms with Crippen molar-refractivity contribution in [1.82, 2.24) is 0 Å². The molecule has 0 unspecified atom stereocenters. The molecule has 2 aromatic rings. The van der Waals surface area contributed by atoms with Gasteiger partial charge in [0.05, 0.1) is 14.2 Å². The van der Waals surface area contributed by atoms with E-state index in [1.54, 1.807) is 38.5 Å². The van der Waals surface area contributed by atoms with Crippen molar-refractivity contribution in [2.75, 3.05) is 14.2 Å². The van der Waals surface area contributed by atoms with Gasteiger partial charge in [-0.25, -0.2) is 9.79 Å². The van der Waals surface area contributed by atoms with E-state index >= 15 is 0 Å². The highest BCUT2D eigenvalue weighted by Gasteiger charge is 2.22. The van der Waals surface area contributed by atoms with Crippen LogP contribution in [0.3, 0.4) is 0 Å². The minimum atomic E-state index is -0.460. The molecule has 0 radical (unpaired) electrons. The Morgan fingerprint density at radius 1 is 1.04 bits per heavy atom. The maximum atomic E-state index is 12.1. The van der Waals surface area contributed by atoms with Crippen LogP contribution in [0.5, 0.6) is 11.5 Å². The first-order valence-corrected chi connectivity index (χ1v) is 8.44. The number of hydrogen-bond acceptors (Lipinski definition) is 5. The molecule has 0 aromatic heterocycles. The fourth-order valence-corrected chi connectivity index (χ4v) is 2.66. The normalized spacial score (nSPS) is 15.0. The topological polar surface area (TPSA) is 57.1 Å². The molecule has 0 saturated heterocycles. The van der Waals surface area contributed by atoms with Crippen molar-refractivity contribution >= 4 is 29.5 Å². The van der Waals surface area contributed by atoms with Gasteiger partial charge in [0.25, 0.3) is 0 Å². The molecule has 0 aliphatic carbocycles. The highest BCUT2D eigenvalue weighted by molar-refractivity contribution is 6.30. The van der Waals surface area contributed by atoms with E-state index in [1.807, 2.05) is 24.3 Å². The molecule has 1 heterocycles. The molecular formula is C20H18ClNO4. The first-order valence-electron chi connectivity index (χ1n) is 8.06. The van der Waals surface area contributed by atoms with E-state index in [-0.39, 0.29) is 5.70 Å². The average molecular weight is 372 g/mol. The summed E-state index contributed by atoms with van der Waals surface area (Å²) in [6.45, 7) is 0. The van der Waals surface area contributed by atoms with Crippen molar-refractivity contribution in [2.45, 2.75) is 12.8 Å². The van der Waals surface area contributed by atoms with E-state index in [4.69, 9.17) is 25.8 Å². The van der Waals surface area contributed by atoms with Gasteiger partial charge in [-0.3, -0.25) is 0 Å². The minimum absolute atomic E-state index is 0.256. The molecule has 0 bridgehead atoms. The molecule has 2 aromatic carbocycles. The number of cyclic esters (lactones) is 1. The Morgan fingerprint density at radius 3 is 2.31 bits per heavy atom. The van der Waals surface area contributed by atoms with Crippen molar-refractivity contribution in [3.05, 3.63) is 64.3 Å². The summed E-state index contributed by atoms with van der Waals surface area (Å²) in [4.78, 5) is 16.4. The van der Waals surface area contributed by atoms with Crippen molar-refractivity contribution in [3.8, 4) is 11.5 Å². The van der Waals surface area contributed by atoms with Crippen LogP contribution in [0.15, 0.2) is 53.2 Å². The number of esters is 1. The number of carbonyl (C=O) groups is 1. The Bertz CT molecular complexity index is 850. The standard InChI is InChI=1S/C20H18ClNO4/c1-24-16-9-14(10-17(12-16)25-2)11-18-20(23)26-19(22-18)8-5-13-3-6-15(21)7-4-13/h3-4,6-7,9-12H,5,8H2,1-2H3/b18-11+. The van der Waals surface area contributed by atoms with Crippen molar-refractivity contribution in [2.24, 2.45) is 4.99 Å². The van der Waals surface area contributed by atoms with Crippen LogP contribution in [0.2, 0.25) is 5.02 Å². The first-order chi connectivity index (χ1) is 12.6. The molecule has 0 amide bonds. The minimum Gasteiger partial charge on any atom is -0.497 e. The molecule has 1 aliphatic heterocycles. The second-order valence-electron chi connectivity index (χ2n) is 5.70. The molecule has 6 heteroatoms. The van der Waals surface area contributed by atoms with E-state index in [2.05, 4.69) is 4.99 Å². The van der Waals surface area contributed by atoms with Crippen molar-refractivity contribution < 1.29 is 19.0 Å². The number of methoxy groups -OCH3 is 2. The van der Waals surface area contributed by atoms with E-state index in [9.17, 15) is 4.79 Å². The van der Waals surface area contributed by atoms with Gasteiger partial charge in [-0.15, -0.1) is 0 Å². The van der Waals surface area contributed by atoms with Crippen LogP contribution >= 0.6 is 11.6 Å². The molecule has 3 rings (SSSR count). The van der Waals surface area contributed by atoms with Gasteiger partial charge >= 0.3 is 5.97 Å². The summed E-state index contributed by atoms with van der Waals surface area (Å²) in [5.41, 5.74) is 2.10. The van der Waals surface area contributed by atoms with Gasteiger partial charge in [0.15, 0.2) is 11.6 Å². The second-order valence-corrected chi connectivity index (χ2v) is 6.13. The summed E-state index contributed by atoms with van der Waals surface area (Å²) in [5.74, 6) is 1.22. The van der Waals surface area contributed by atoms with Crippen molar-refractivity contribution in [3.63, 3.8) is 0 Å². The molecular weight excluding hydrogens is 354 g/mol. The zero-order chi connectivity index (χ0) is 18.5. The van der Waals surface area contributed by atoms with Gasteiger partial charge in [0, 0.05) is 17.5 Å². The average Bonchev–Trinajstić information content (AvgIpc) is 3.00. The molecule has 5 nitrogen and oxygen atoms in total. The van der Waals surface area contributed by atoms with Gasteiger partial charge < -0.3 is 14.2 Å². The molecule has 26 heavy (non-hydrogen) atoms. The maximum absolute atomic E-state index is 12.1. The molecule has 0 atom stereocenters. The third-order valence-electron chi connectivity index (χ3n) is 3.88. The van der Waals surface area contributed by atoms with E-state index < -0.39 is 5.97 Å². The Kier molecular flexibility index (Phi) is 5.58. The second kappa shape index (κ2) is 8.06. The lowest BCUT2D eigenvalue weighted by Crippen LogP contribution is -2.05. The number of aliphatic imine (C=N–C) groups is 1. The Morgan fingerprint density at radius 2 is 1.69 bits per heavy atom. The van der Waals surface area contributed by atoms with Gasteiger partial charge in [-0.1, -0.05) is 23.7 Å². The fourth-order valence-electron chi connectivity index (χ4n) is 2.53. The number of aryl methyl sites for hydroxylation is 1. The third kappa shape index (κ3) is 4.43. The van der Waals surface area contributed by atoms with E-state index in [0.29, 0.717) is 35.3 Å². The molecule has 1 aliphatic rings. The molecule has 134 valence electrons. The van der Waals surface area contributed by atoms with Gasteiger partial charge in [-0.2, -0.15) is 0 Å². The molecule has 0 fully saturated rings. The third-order valence-corrected chi connectivity index (χ3v) is 4.13. The highest BCUT2D eigenvalue weighted by Crippen LogP contribution is 2.25. The van der Waals surface area contributed by atoms with E-state index in [1.165, 1.54) is 0 Å².